The van der Waals surface area contributed by atoms with E-state index in [0.29, 0.717) is 34.4 Å². The molecule has 0 aliphatic heterocycles. The Bertz CT molecular complexity index is 807. The second-order valence-corrected chi connectivity index (χ2v) is 7.19. The maximum atomic E-state index is 12.4. The lowest BCUT2D eigenvalue weighted by Gasteiger charge is -2.09. The highest BCUT2D eigenvalue weighted by atomic mass is 32.1. The van der Waals surface area contributed by atoms with Crippen molar-refractivity contribution in [3.8, 4) is 11.5 Å². The highest BCUT2D eigenvalue weighted by Crippen LogP contribution is 2.28. The van der Waals surface area contributed by atoms with Gasteiger partial charge in [0.15, 0.2) is 16.6 Å². The van der Waals surface area contributed by atoms with Gasteiger partial charge in [-0.3, -0.25) is 14.9 Å². The van der Waals surface area contributed by atoms with Crippen molar-refractivity contribution < 1.29 is 19.1 Å². The van der Waals surface area contributed by atoms with Crippen molar-refractivity contribution in [3.05, 3.63) is 34.8 Å². The molecule has 8 nitrogen and oxygen atoms in total. The van der Waals surface area contributed by atoms with E-state index in [4.69, 9.17) is 9.47 Å². The van der Waals surface area contributed by atoms with Crippen LogP contribution >= 0.6 is 11.3 Å². The van der Waals surface area contributed by atoms with Crippen LogP contribution in [0.25, 0.3) is 0 Å². The number of anilines is 1. The monoisotopic (exact) mass is 406 g/mol. The normalized spacial score (nSPS) is 10.6. The van der Waals surface area contributed by atoms with Crippen molar-refractivity contribution in [1.29, 1.82) is 0 Å². The Hall–Kier alpha value is -2.65. The Morgan fingerprint density at radius 1 is 1.11 bits per heavy atom. The van der Waals surface area contributed by atoms with E-state index in [1.165, 1.54) is 25.6 Å². The minimum absolute atomic E-state index is 0.243. The fraction of sp³-hybridized carbons (Fsp3) is 0.421. The van der Waals surface area contributed by atoms with Gasteiger partial charge in [-0.15, -0.1) is 11.3 Å². The second kappa shape index (κ2) is 10.6. The second-order valence-electron chi connectivity index (χ2n) is 6.33. The van der Waals surface area contributed by atoms with Crippen molar-refractivity contribution >= 4 is 28.3 Å². The summed E-state index contributed by atoms with van der Waals surface area (Å²) in [5.41, 5.74) is 0.694. The van der Waals surface area contributed by atoms with Crippen LogP contribution in [0.4, 0.5) is 5.13 Å². The molecular formula is C19H26N4O4S. The van der Waals surface area contributed by atoms with E-state index in [0.717, 1.165) is 19.4 Å². The first kappa shape index (κ1) is 21.6. The number of hydrogen-bond donors (Lipinski definition) is 2. The van der Waals surface area contributed by atoms with Gasteiger partial charge in [0.1, 0.15) is 5.69 Å². The van der Waals surface area contributed by atoms with Crippen LogP contribution in [0.15, 0.2) is 23.6 Å². The molecule has 0 saturated carbocycles. The number of unbranched alkanes of at least 4 members (excludes halogenated alkanes) is 1. The van der Waals surface area contributed by atoms with Crippen molar-refractivity contribution in [2.75, 3.05) is 46.7 Å². The number of rotatable bonds is 10. The van der Waals surface area contributed by atoms with Crippen LogP contribution in [0.5, 0.6) is 11.5 Å². The van der Waals surface area contributed by atoms with E-state index in [-0.39, 0.29) is 11.8 Å². The molecule has 1 heterocycles. The number of nitrogens with one attached hydrogen (secondary N) is 2. The summed E-state index contributed by atoms with van der Waals surface area (Å²) in [7, 11) is 7.07. The van der Waals surface area contributed by atoms with Gasteiger partial charge in [-0.1, -0.05) is 0 Å². The summed E-state index contributed by atoms with van der Waals surface area (Å²) in [4.78, 5) is 30.9. The molecule has 0 fully saturated rings. The molecule has 0 saturated heterocycles. The first-order valence-corrected chi connectivity index (χ1v) is 9.74. The van der Waals surface area contributed by atoms with Crippen molar-refractivity contribution in [3.63, 3.8) is 0 Å². The quantitative estimate of drug-likeness (QED) is 0.589. The molecule has 1 aromatic carbocycles. The Labute approximate surface area is 168 Å². The molecule has 0 aliphatic rings. The standard InChI is InChI=1S/C19H26N4O4S/c1-23(2)10-6-5-9-20-18(25)14-12-28-19(21-14)22-17(24)13-7-8-15(26-3)16(11-13)27-4/h7-8,11-12H,5-6,9-10H2,1-4H3,(H,20,25)(H,21,22,24). The van der Waals surface area contributed by atoms with Gasteiger partial charge < -0.3 is 19.7 Å². The summed E-state index contributed by atoms with van der Waals surface area (Å²) in [6.45, 7) is 1.58. The Balaban J connectivity index is 1.89. The molecule has 1 aromatic heterocycles. The van der Waals surface area contributed by atoms with Gasteiger partial charge in [0.25, 0.3) is 11.8 Å². The highest BCUT2D eigenvalue weighted by Gasteiger charge is 2.15. The van der Waals surface area contributed by atoms with E-state index in [1.54, 1.807) is 23.6 Å². The molecule has 9 heteroatoms. The van der Waals surface area contributed by atoms with Crippen LogP contribution in [0.1, 0.15) is 33.7 Å². The average molecular weight is 407 g/mol. The smallest absolute Gasteiger partial charge is 0.270 e. The largest absolute Gasteiger partial charge is 0.493 e. The van der Waals surface area contributed by atoms with Crippen molar-refractivity contribution in [2.45, 2.75) is 12.8 Å². The molecule has 2 N–H and O–H groups in total. The molecule has 0 bridgehead atoms. The van der Waals surface area contributed by atoms with E-state index in [2.05, 4.69) is 20.5 Å². The fourth-order valence-electron chi connectivity index (χ4n) is 2.43. The van der Waals surface area contributed by atoms with Crippen LogP contribution in [-0.2, 0) is 0 Å². The van der Waals surface area contributed by atoms with Crippen molar-refractivity contribution in [1.82, 2.24) is 15.2 Å². The SMILES string of the molecule is COc1ccc(C(=O)Nc2nc(C(=O)NCCCCN(C)C)cs2)cc1OC. The fourth-order valence-corrected chi connectivity index (χ4v) is 3.11. The minimum atomic E-state index is -0.342. The molecule has 152 valence electrons. The summed E-state index contributed by atoms with van der Waals surface area (Å²) in [5, 5.41) is 7.52. The van der Waals surface area contributed by atoms with Gasteiger partial charge in [-0.05, 0) is 51.7 Å². The third-order valence-electron chi connectivity index (χ3n) is 3.92. The number of carbonyl (C=O) groups is 2. The number of methoxy groups -OCH3 is 2. The molecule has 2 rings (SSSR count). The van der Waals surface area contributed by atoms with E-state index < -0.39 is 0 Å². The molecule has 2 amide bonds. The van der Waals surface area contributed by atoms with E-state index in [9.17, 15) is 9.59 Å². The van der Waals surface area contributed by atoms with Crippen molar-refractivity contribution in [2.24, 2.45) is 0 Å². The van der Waals surface area contributed by atoms with E-state index in [1.807, 2.05) is 14.1 Å². The summed E-state index contributed by atoms with van der Waals surface area (Å²) in [6.07, 6.45) is 1.91. The van der Waals surface area contributed by atoms with Crippen LogP contribution in [-0.4, -0.2) is 63.1 Å². The summed E-state index contributed by atoms with van der Waals surface area (Å²) in [6, 6.07) is 4.87. The van der Waals surface area contributed by atoms with Crippen LogP contribution in [0.3, 0.4) is 0 Å². The Morgan fingerprint density at radius 3 is 2.54 bits per heavy atom. The zero-order chi connectivity index (χ0) is 20.5. The summed E-state index contributed by atoms with van der Waals surface area (Å²) < 4.78 is 10.4. The van der Waals surface area contributed by atoms with Gasteiger partial charge in [-0.2, -0.15) is 0 Å². The molecule has 0 radical (unpaired) electrons. The number of amides is 2. The number of benzene rings is 1. The van der Waals surface area contributed by atoms with Gasteiger partial charge >= 0.3 is 0 Å². The third-order valence-corrected chi connectivity index (χ3v) is 4.68. The molecule has 0 spiro atoms. The van der Waals surface area contributed by atoms with Crippen LogP contribution < -0.4 is 20.1 Å². The number of hydrogen-bond acceptors (Lipinski definition) is 7. The van der Waals surface area contributed by atoms with Gasteiger partial charge in [0.2, 0.25) is 0 Å². The minimum Gasteiger partial charge on any atom is -0.493 e. The van der Waals surface area contributed by atoms with Gasteiger partial charge in [0, 0.05) is 17.5 Å². The zero-order valence-electron chi connectivity index (χ0n) is 16.6. The summed E-state index contributed by atoms with van der Waals surface area (Å²) >= 11 is 1.20. The third kappa shape index (κ3) is 6.21. The number of thiazole rings is 1. The highest BCUT2D eigenvalue weighted by molar-refractivity contribution is 7.14. The first-order valence-electron chi connectivity index (χ1n) is 8.86. The summed E-state index contributed by atoms with van der Waals surface area (Å²) in [5.74, 6) is 0.417. The van der Waals surface area contributed by atoms with E-state index >= 15 is 0 Å². The molecular weight excluding hydrogens is 380 g/mol. The Morgan fingerprint density at radius 2 is 1.86 bits per heavy atom. The maximum Gasteiger partial charge on any atom is 0.270 e. The molecule has 0 aliphatic carbocycles. The Kier molecular flexibility index (Phi) is 8.21. The predicted molar refractivity (Wildman–Crippen MR) is 110 cm³/mol. The number of carbonyl (C=O) groups excluding carboxylic acids is 2. The number of ether oxygens (including phenoxy) is 2. The van der Waals surface area contributed by atoms with Crippen LogP contribution in [0, 0.1) is 0 Å². The number of aromatic nitrogens is 1. The predicted octanol–water partition coefficient (Wildman–Crippen LogP) is 2.48. The van der Waals surface area contributed by atoms with Crippen LogP contribution in [0.2, 0.25) is 0 Å². The van der Waals surface area contributed by atoms with Gasteiger partial charge in [-0.25, -0.2) is 4.98 Å². The zero-order valence-corrected chi connectivity index (χ0v) is 17.4. The number of nitrogens with zero attached hydrogens (tertiary/aromatic N) is 2. The molecule has 28 heavy (non-hydrogen) atoms. The first-order chi connectivity index (χ1) is 13.4. The molecule has 2 aromatic rings. The lowest BCUT2D eigenvalue weighted by atomic mass is 10.2. The maximum absolute atomic E-state index is 12.4. The molecule has 0 unspecified atom stereocenters. The lowest BCUT2D eigenvalue weighted by Crippen LogP contribution is -2.25. The lowest BCUT2D eigenvalue weighted by molar-refractivity contribution is 0.0947. The average Bonchev–Trinajstić information content (AvgIpc) is 3.15. The van der Waals surface area contributed by atoms with Gasteiger partial charge in [0.05, 0.1) is 14.2 Å². The topological polar surface area (TPSA) is 92.8 Å². The molecule has 0 atom stereocenters.